The zero-order valence-electron chi connectivity index (χ0n) is 15.7. The summed E-state index contributed by atoms with van der Waals surface area (Å²) in [6.07, 6.45) is 7.02. The molecule has 0 radical (unpaired) electrons. The molecule has 0 saturated heterocycles. The minimum absolute atomic E-state index is 0.0340. The van der Waals surface area contributed by atoms with Crippen molar-refractivity contribution in [2.75, 3.05) is 0 Å². The zero-order valence-corrected chi connectivity index (χ0v) is 15.7. The van der Waals surface area contributed by atoms with Gasteiger partial charge >= 0.3 is 0 Å². The molecule has 2 aliphatic carbocycles. The molecular formula is C27H21N. The van der Waals surface area contributed by atoms with Crippen molar-refractivity contribution in [3.05, 3.63) is 113 Å². The molecule has 0 N–H and O–H groups in total. The first-order valence-electron chi connectivity index (χ1n) is 9.89. The van der Waals surface area contributed by atoms with Gasteiger partial charge < -0.3 is 0 Å². The number of hydrogen-bond acceptors (Lipinski definition) is 1. The van der Waals surface area contributed by atoms with E-state index in [2.05, 4.69) is 91.0 Å². The minimum atomic E-state index is -0.0340. The molecule has 0 aromatic heterocycles. The molecule has 1 unspecified atom stereocenters. The summed E-state index contributed by atoms with van der Waals surface area (Å²) < 4.78 is 0. The molecule has 1 heteroatoms. The highest BCUT2D eigenvalue weighted by Crippen LogP contribution is 2.39. The van der Waals surface area contributed by atoms with Gasteiger partial charge in [0.1, 0.15) is 0 Å². The van der Waals surface area contributed by atoms with Gasteiger partial charge in [-0.3, -0.25) is 0 Å². The maximum Gasteiger partial charge on any atom is 0.0700 e. The second-order valence-electron chi connectivity index (χ2n) is 7.61. The summed E-state index contributed by atoms with van der Waals surface area (Å²) in [4.78, 5) is 0. The van der Waals surface area contributed by atoms with Crippen molar-refractivity contribution in [3.8, 4) is 17.2 Å². The van der Waals surface area contributed by atoms with Gasteiger partial charge in [-0.25, -0.2) is 0 Å². The van der Waals surface area contributed by atoms with E-state index in [9.17, 15) is 5.26 Å². The van der Waals surface area contributed by atoms with Crippen LogP contribution in [0.15, 0.2) is 90.5 Å². The van der Waals surface area contributed by atoms with E-state index in [0.29, 0.717) is 0 Å². The van der Waals surface area contributed by atoms with Gasteiger partial charge in [0, 0.05) is 0 Å². The number of rotatable bonds is 0. The maximum atomic E-state index is 9.50. The summed E-state index contributed by atoms with van der Waals surface area (Å²) in [5.41, 5.74) is 10.5. The number of nitriles is 1. The Balaban J connectivity index is 1.79. The molecule has 2 aliphatic rings. The molecule has 0 spiro atoms. The third kappa shape index (κ3) is 2.88. The second kappa shape index (κ2) is 6.98. The third-order valence-corrected chi connectivity index (χ3v) is 5.88. The highest BCUT2D eigenvalue weighted by molar-refractivity contribution is 5.84. The fourth-order valence-corrected chi connectivity index (χ4v) is 4.53. The Hall–Kier alpha value is -3.37. The largest absolute Gasteiger partial charge is 0.198 e. The third-order valence-electron chi connectivity index (χ3n) is 5.88. The summed E-state index contributed by atoms with van der Waals surface area (Å²) in [5, 5.41) is 9.50. The molecule has 5 rings (SSSR count). The number of hydrogen-bond donors (Lipinski definition) is 0. The highest BCUT2D eigenvalue weighted by atomic mass is 14.3. The van der Waals surface area contributed by atoms with E-state index in [1.54, 1.807) is 0 Å². The number of fused-ring (bicyclic) bond motifs is 6. The Kier molecular flexibility index (Phi) is 4.18. The topological polar surface area (TPSA) is 23.8 Å². The zero-order chi connectivity index (χ0) is 18.9. The molecule has 0 aliphatic heterocycles. The van der Waals surface area contributed by atoms with Crippen LogP contribution in [0.4, 0.5) is 0 Å². The molecule has 0 fully saturated rings. The molecule has 3 aromatic carbocycles. The monoisotopic (exact) mass is 359 g/mol. The van der Waals surface area contributed by atoms with Crippen LogP contribution in [0.25, 0.3) is 16.7 Å². The van der Waals surface area contributed by atoms with Crippen molar-refractivity contribution in [1.82, 2.24) is 0 Å². The quantitative estimate of drug-likeness (QED) is 0.458. The lowest BCUT2D eigenvalue weighted by Gasteiger charge is -2.25. The molecule has 28 heavy (non-hydrogen) atoms. The van der Waals surface area contributed by atoms with Crippen LogP contribution in [-0.4, -0.2) is 0 Å². The number of nitrogens with zero attached hydrogens (tertiary/aromatic N) is 1. The fraction of sp³-hybridized carbons (Fsp3) is 0.148. The molecule has 1 nitrogen and oxygen atoms in total. The van der Waals surface area contributed by atoms with Crippen LogP contribution in [0.2, 0.25) is 0 Å². The molecule has 0 heterocycles. The van der Waals surface area contributed by atoms with Gasteiger partial charge in [-0.1, -0.05) is 84.9 Å². The van der Waals surface area contributed by atoms with Gasteiger partial charge in [0.2, 0.25) is 0 Å². The van der Waals surface area contributed by atoms with E-state index >= 15 is 0 Å². The fourth-order valence-electron chi connectivity index (χ4n) is 4.53. The smallest absolute Gasteiger partial charge is 0.0700 e. The predicted octanol–water partition coefficient (Wildman–Crippen LogP) is 6.35. The number of benzene rings is 3. The van der Waals surface area contributed by atoms with Crippen molar-refractivity contribution in [2.24, 2.45) is 5.92 Å². The van der Waals surface area contributed by atoms with Crippen molar-refractivity contribution < 1.29 is 0 Å². The molecule has 0 bridgehead atoms. The van der Waals surface area contributed by atoms with E-state index < -0.39 is 0 Å². The Bertz CT molecular complexity index is 1160. The van der Waals surface area contributed by atoms with Gasteiger partial charge in [0.15, 0.2) is 0 Å². The lowest BCUT2D eigenvalue weighted by Crippen LogP contribution is -2.09. The van der Waals surface area contributed by atoms with Gasteiger partial charge in [0.05, 0.1) is 12.0 Å². The summed E-state index contributed by atoms with van der Waals surface area (Å²) in [5.74, 6) is -0.0340. The first kappa shape index (κ1) is 16.8. The van der Waals surface area contributed by atoms with Crippen LogP contribution in [0.3, 0.4) is 0 Å². The molecule has 0 saturated carbocycles. The molecule has 134 valence electrons. The van der Waals surface area contributed by atoms with E-state index in [1.165, 1.54) is 44.5 Å². The van der Waals surface area contributed by atoms with E-state index in [-0.39, 0.29) is 5.92 Å². The van der Waals surface area contributed by atoms with Crippen molar-refractivity contribution in [1.29, 1.82) is 5.26 Å². The van der Waals surface area contributed by atoms with E-state index in [0.717, 1.165) is 19.3 Å². The highest BCUT2D eigenvalue weighted by Gasteiger charge is 2.22. The van der Waals surface area contributed by atoms with Crippen molar-refractivity contribution >= 4 is 5.57 Å². The van der Waals surface area contributed by atoms with Crippen LogP contribution in [0.1, 0.15) is 28.7 Å². The predicted molar refractivity (Wildman–Crippen MR) is 115 cm³/mol. The van der Waals surface area contributed by atoms with E-state index in [1.807, 2.05) is 0 Å². The van der Waals surface area contributed by atoms with Crippen LogP contribution in [0.5, 0.6) is 0 Å². The average Bonchev–Trinajstić information content (AvgIpc) is 2.75. The average molecular weight is 359 g/mol. The normalized spacial score (nSPS) is 17.6. The standard InChI is InChI=1S/C27H21N/c28-18-19-13-14-27-23(15-19)17-22-9-3-5-11-25(22)24-10-4-1-7-20(24)16-21-8-2-6-12-26(21)27/h1-12,14-15,19H,13,16-17H2. The van der Waals surface area contributed by atoms with Crippen LogP contribution >= 0.6 is 0 Å². The molecular weight excluding hydrogens is 338 g/mol. The van der Waals surface area contributed by atoms with E-state index in [4.69, 9.17) is 0 Å². The lowest BCUT2D eigenvalue weighted by molar-refractivity contribution is 0.824. The Morgan fingerprint density at radius 2 is 1.21 bits per heavy atom. The lowest BCUT2D eigenvalue weighted by atomic mass is 9.79. The number of allylic oxidation sites excluding steroid dienone is 4. The molecule has 0 amide bonds. The van der Waals surface area contributed by atoms with Gasteiger partial charge in [-0.05, 0) is 63.8 Å². The van der Waals surface area contributed by atoms with Crippen molar-refractivity contribution in [2.45, 2.75) is 19.3 Å². The van der Waals surface area contributed by atoms with Crippen LogP contribution in [-0.2, 0) is 12.8 Å². The Morgan fingerprint density at radius 1 is 0.679 bits per heavy atom. The SMILES string of the molecule is N#CC1C=C2Cc3ccccc3-c3ccccc3Cc3ccccc3C2=CC1. The Labute approximate surface area is 166 Å². The summed E-state index contributed by atoms with van der Waals surface area (Å²) >= 11 is 0. The summed E-state index contributed by atoms with van der Waals surface area (Å²) in [6.45, 7) is 0. The second-order valence-corrected chi connectivity index (χ2v) is 7.61. The maximum absolute atomic E-state index is 9.50. The van der Waals surface area contributed by atoms with Crippen LogP contribution < -0.4 is 0 Å². The minimum Gasteiger partial charge on any atom is -0.198 e. The first-order chi connectivity index (χ1) is 13.8. The van der Waals surface area contributed by atoms with Crippen molar-refractivity contribution in [3.63, 3.8) is 0 Å². The molecule has 1 atom stereocenters. The van der Waals surface area contributed by atoms with Gasteiger partial charge in [-0.2, -0.15) is 5.26 Å². The van der Waals surface area contributed by atoms with Gasteiger partial charge in [0.25, 0.3) is 0 Å². The summed E-state index contributed by atoms with van der Waals surface area (Å²) in [6, 6.07) is 28.6. The van der Waals surface area contributed by atoms with Gasteiger partial charge in [-0.15, -0.1) is 0 Å². The Morgan fingerprint density at radius 3 is 1.86 bits per heavy atom. The molecule has 3 aromatic rings. The van der Waals surface area contributed by atoms with Crippen LogP contribution in [0, 0.1) is 17.2 Å². The summed E-state index contributed by atoms with van der Waals surface area (Å²) in [7, 11) is 0. The first-order valence-corrected chi connectivity index (χ1v) is 9.89.